The first-order valence-corrected chi connectivity index (χ1v) is 6.20. The van der Waals surface area contributed by atoms with E-state index in [1.807, 2.05) is 41.0 Å². The van der Waals surface area contributed by atoms with Crippen molar-refractivity contribution in [2.24, 2.45) is 0 Å². The lowest BCUT2D eigenvalue weighted by Gasteiger charge is -2.11. The number of para-hydroxylation sites is 1. The summed E-state index contributed by atoms with van der Waals surface area (Å²) in [7, 11) is 0. The van der Waals surface area contributed by atoms with Gasteiger partial charge in [0.1, 0.15) is 0 Å². The van der Waals surface area contributed by atoms with E-state index < -0.39 is 0 Å². The van der Waals surface area contributed by atoms with E-state index in [0.29, 0.717) is 16.1 Å². The third-order valence-electron chi connectivity index (χ3n) is 2.99. The molecule has 0 atom stereocenters. The molecule has 3 aromatic rings. The molecule has 0 aliphatic carbocycles. The summed E-state index contributed by atoms with van der Waals surface area (Å²) in [4.78, 5) is 11.8. The lowest BCUT2D eigenvalue weighted by atomic mass is 10.2. The molecule has 0 aliphatic heterocycles. The van der Waals surface area contributed by atoms with Crippen LogP contribution in [0.4, 0.5) is 5.69 Å². The number of fused-ring (bicyclic) bond motifs is 1. The molecular weight excluding hydrogens is 260 g/mol. The fraction of sp³-hybridized carbons (Fsp3) is 0. The highest BCUT2D eigenvalue weighted by Crippen LogP contribution is 2.22. The number of nitrogen functional groups attached to an aromatic ring is 1. The number of hydrogen-bond acceptors (Lipinski definition) is 2. The Morgan fingerprint density at radius 2 is 1.84 bits per heavy atom. The summed E-state index contributed by atoms with van der Waals surface area (Å²) < 4.78 is 1.90. The molecule has 0 bridgehead atoms. The number of halogens is 1. The molecule has 0 spiro atoms. The summed E-state index contributed by atoms with van der Waals surface area (Å²) in [6.07, 6.45) is 1.73. The standard InChI is InChI=1S/C15H11ClN2O/c16-10-7-11(17)9-12(8-10)18-6-5-15(19)13-3-1-2-4-14(13)18/h1-9H,17H2. The van der Waals surface area contributed by atoms with E-state index >= 15 is 0 Å². The summed E-state index contributed by atoms with van der Waals surface area (Å²) in [5.41, 5.74) is 8.07. The van der Waals surface area contributed by atoms with Crippen molar-refractivity contribution in [1.29, 1.82) is 0 Å². The van der Waals surface area contributed by atoms with Crippen molar-refractivity contribution in [1.82, 2.24) is 4.57 Å². The SMILES string of the molecule is Nc1cc(Cl)cc(-n2ccc(=O)c3ccccc32)c1. The Labute approximate surface area is 114 Å². The van der Waals surface area contributed by atoms with Crippen molar-refractivity contribution in [3.63, 3.8) is 0 Å². The number of nitrogens with two attached hydrogens (primary N) is 1. The lowest BCUT2D eigenvalue weighted by Crippen LogP contribution is -2.06. The third-order valence-corrected chi connectivity index (χ3v) is 3.21. The van der Waals surface area contributed by atoms with E-state index in [4.69, 9.17) is 17.3 Å². The number of pyridine rings is 1. The summed E-state index contributed by atoms with van der Waals surface area (Å²) in [6.45, 7) is 0. The predicted molar refractivity (Wildman–Crippen MR) is 79.0 cm³/mol. The quantitative estimate of drug-likeness (QED) is 0.690. The van der Waals surface area contributed by atoms with Gasteiger partial charge in [-0.05, 0) is 30.3 Å². The molecule has 19 heavy (non-hydrogen) atoms. The van der Waals surface area contributed by atoms with Crippen LogP contribution in [0.1, 0.15) is 0 Å². The molecule has 0 saturated heterocycles. The first-order chi connectivity index (χ1) is 9.15. The van der Waals surface area contributed by atoms with E-state index in [1.54, 1.807) is 18.3 Å². The molecule has 0 unspecified atom stereocenters. The maximum absolute atomic E-state index is 11.8. The molecule has 3 nitrogen and oxygen atoms in total. The summed E-state index contributed by atoms with van der Waals surface area (Å²) >= 11 is 6.03. The Bertz CT molecular complexity index is 803. The zero-order chi connectivity index (χ0) is 13.4. The second-order valence-electron chi connectivity index (χ2n) is 4.31. The second kappa shape index (κ2) is 4.44. The van der Waals surface area contributed by atoms with Gasteiger partial charge in [-0.25, -0.2) is 0 Å². The van der Waals surface area contributed by atoms with Gasteiger partial charge in [0.15, 0.2) is 5.43 Å². The normalized spacial score (nSPS) is 10.8. The summed E-state index contributed by atoms with van der Waals surface area (Å²) in [5, 5.41) is 1.24. The number of aromatic nitrogens is 1. The minimum atomic E-state index is 0.00171. The molecule has 0 fully saturated rings. The Hall–Kier alpha value is -2.26. The monoisotopic (exact) mass is 270 g/mol. The molecule has 0 amide bonds. The summed E-state index contributed by atoms with van der Waals surface area (Å²) in [6, 6.07) is 14.3. The van der Waals surface area contributed by atoms with Gasteiger partial charge in [-0.2, -0.15) is 0 Å². The van der Waals surface area contributed by atoms with Crippen LogP contribution in [-0.2, 0) is 0 Å². The van der Waals surface area contributed by atoms with Gasteiger partial charge in [-0.15, -0.1) is 0 Å². The average molecular weight is 271 g/mol. The molecule has 1 heterocycles. The van der Waals surface area contributed by atoms with Crippen LogP contribution in [0.5, 0.6) is 0 Å². The zero-order valence-electron chi connectivity index (χ0n) is 10.0. The average Bonchev–Trinajstić information content (AvgIpc) is 2.38. The van der Waals surface area contributed by atoms with E-state index in [2.05, 4.69) is 0 Å². The highest BCUT2D eigenvalue weighted by molar-refractivity contribution is 6.31. The number of benzene rings is 2. The smallest absolute Gasteiger partial charge is 0.189 e. The van der Waals surface area contributed by atoms with Gasteiger partial charge >= 0.3 is 0 Å². The fourth-order valence-corrected chi connectivity index (χ4v) is 2.40. The zero-order valence-corrected chi connectivity index (χ0v) is 10.8. The predicted octanol–water partition coefficient (Wildman–Crippen LogP) is 3.23. The molecule has 94 valence electrons. The van der Waals surface area contributed by atoms with Crippen LogP contribution in [-0.4, -0.2) is 4.57 Å². The fourth-order valence-electron chi connectivity index (χ4n) is 2.16. The lowest BCUT2D eigenvalue weighted by molar-refractivity contribution is 1.10. The van der Waals surface area contributed by atoms with Crippen LogP contribution in [0, 0.1) is 0 Å². The van der Waals surface area contributed by atoms with E-state index in [1.165, 1.54) is 0 Å². The van der Waals surface area contributed by atoms with Gasteiger partial charge in [0, 0.05) is 34.0 Å². The number of anilines is 1. The molecule has 0 saturated carbocycles. The van der Waals surface area contributed by atoms with Crippen molar-refractivity contribution in [3.8, 4) is 5.69 Å². The molecule has 4 heteroatoms. The van der Waals surface area contributed by atoms with Crippen molar-refractivity contribution in [2.75, 3.05) is 5.73 Å². The van der Waals surface area contributed by atoms with Gasteiger partial charge in [-0.3, -0.25) is 4.79 Å². The maximum atomic E-state index is 11.8. The van der Waals surface area contributed by atoms with Gasteiger partial charge in [0.05, 0.1) is 5.52 Å². The van der Waals surface area contributed by atoms with E-state index in [9.17, 15) is 4.79 Å². The van der Waals surface area contributed by atoms with Crippen LogP contribution in [0.2, 0.25) is 5.02 Å². The van der Waals surface area contributed by atoms with Crippen LogP contribution in [0.25, 0.3) is 16.6 Å². The first kappa shape index (κ1) is 11.8. The Morgan fingerprint density at radius 3 is 2.63 bits per heavy atom. The van der Waals surface area contributed by atoms with E-state index in [0.717, 1.165) is 11.2 Å². The van der Waals surface area contributed by atoms with Crippen LogP contribution in [0.3, 0.4) is 0 Å². The first-order valence-electron chi connectivity index (χ1n) is 5.82. The minimum absolute atomic E-state index is 0.00171. The molecule has 0 aliphatic rings. The van der Waals surface area contributed by atoms with Crippen LogP contribution < -0.4 is 11.2 Å². The van der Waals surface area contributed by atoms with Gasteiger partial charge in [-0.1, -0.05) is 23.7 Å². The van der Waals surface area contributed by atoms with Crippen LogP contribution in [0.15, 0.2) is 59.5 Å². The van der Waals surface area contributed by atoms with Gasteiger partial charge in [0.2, 0.25) is 0 Å². The van der Waals surface area contributed by atoms with Crippen molar-refractivity contribution >= 4 is 28.2 Å². The molecule has 3 rings (SSSR count). The Balaban J connectivity index is 2.37. The second-order valence-corrected chi connectivity index (χ2v) is 4.75. The maximum Gasteiger partial charge on any atom is 0.189 e. The molecule has 2 N–H and O–H groups in total. The van der Waals surface area contributed by atoms with Crippen LogP contribution >= 0.6 is 11.6 Å². The number of nitrogens with zero attached hydrogens (tertiary/aromatic N) is 1. The van der Waals surface area contributed by atoms with Crippen molar-refractivity contribution < 1.29 is 0 Å². The largest absolute Gasteiger partial charge is 0.399 e. The molecule has 2 aromatic carbocycles. The van der Waals surface area contributed by atoms with Crippen molar-refractivity contribution in [3.05, 3.63) is 70.0 Å². The highest BCUT2D eigenvalue weighted by Gasteiger charge is 2.05. The van der Waals surface area contributed by atoms with Gasteiger partial charge in [0.25, 0.3) is 0 Å². The Morgan fingerprint density at radius 1 is 1.05 bits per heavy atom. The van der Waals surface area contributed by atoms with Crippen molar-refractivity contribution in [2.45, 2.75) is 0 Å². The molecule has 0 radical (unpaired) electrons. The summed E-state index contributed by atoms with van der Waals surface area (Å²) in [5.74, 6) is 0. The number of hydrogen-bond donors (Lipinski definition) is 1. The molecular formula is C15H11ClN2O. The van der Waals surface area contributed by atoms with E-state index in [-0.39, 0.29) is 5.43 Å². The third kappa shape index (κ3) is 2.09. The minimum Gasteiger partial charge on any atom is -0.399 e. The number of rotatable bonds is 1. The topological polar surface area (TPSA) is 48.0 Å². The molecule has 1 aromatic heterocycles. The highest BCUT2D eigenvalue weighted by atomic mass is 35.5. The Kier molecular flexibility index (Phi) is 2.76. The van der Waals surface area contributed by atoms with Gasteiger partial charge < -0.3 is 10.3 Å².